The van der Waals surface area contributed by atoms with E-state index in [4.69, 9.17) is 9.47 Å². The summed E-state index contributed by atoms with van der Waals surface area (Å²) in [6.45, 7) is 7.42. The number of rotatable bonds is 8. The van der Waals surface area contributed by atoms with E-state index in [1.165, 1.54) is 42.7 Å². The van der Waals surface area contributed by atoms with Crippen LogP contribution in [-0.2, 0) is 10.0 Å². The molecule has 192 valence electrons. The van der Waals surface area contributed by atoms with E-state index in [0.717, 1.165) is 11.1 Å². The van der Waals surface area contributed by atoms with Gasteiger partial charge in [-0.05, 0) is 69.7 Å². The van der Waals surface area contributed by atoms with E-state index in [0.29, 0.717) is 22.8 Å². The second-order valence-corrected chi connectivity index (χ2v) is 10.4. The maximum Gasteiger partial charge on any atom is 0.270 e. The highest BCUT2D eigenvalue weighted by Crippen LogP contribution is 2.32. The quantitative estimate of drug-likeness (QED) is 0.314. The number of carbonyl (C=O) groups excluding carboxylic acids is 1. The van der Waals surface area contributed by atoms with Crippen LogP contribution in [0, 0.1) is 19.7 Å². The minimum atomic E-state index is -4.13. The van der Waals surface area contributed by atoms with Gasteiger partial charge in [0.15, 0.2) is 0 Å². The number of sulfonamides is 1. The highest BCUT2D eigenvalue weighted by Gasteiger charge is 2.24. The molecule has 2 aromatic heterocycles. The molecule has 2 N–H and O–H groups in total. The van der Waals surface area contributed by atoms with E-state index in [9.17, 15) is 17.6 Å². The van der Waals surface area contributed by atoms with Crippen molar-refractivity contribution in [2.45, 2.75) is 38.7 Å². The van der Waals surface area contributed by atoms with Gasteiger partial charge in [0, 0.05) is 24.0 Å². The Hall–Kier alpha value is -4.18. The first-order chi connectivity index (χ1) is 17.5. The predicted octanol–water partition coefficient (Wildman–Crippen LogP) is 5.53. The van der Waals surface area contributed by atoms with Gasteiger partial charge < -0.3 is 14.5 Å². The van der Waals surface area contributed by atoms with Crippen molar-refractivity contribution in [3.8, 4) is 28.6 Å². The van der Waals surface area contributed by atoms with Crippen molar-refractivity contribution in [3.05, 3.63) is 89.5 Å². The molecule has 2 aromatic carbocycles. The Kier molecular flexibility index (Phi) is 7.30. The molecule has 0 unspecified atom stereocenters. The van der Waals surface area contributed by atoms with Crippen LogP contribution >= 0.6 is 0 Å². The molecule has 0 bridgehead atoms. The van der Waals surface area contributed by atoms with Crippen molar-refractivity contribution in [2.24, 2.45) is 0 Å². The number of carbonyl (C=O) groups is 1. The van der Waals surface area contributed by atoms with E-state index < -0.39 is 21.7 Å². The Morgan fingerprint density at radius 3 is 2.51 bits per heavy atom. The van der Waals surface area contributed by atoms with E-state index in [-0.39, 0.29) is 22.4 Å². The second-order valence-electron chi connectivity index (χ2n) is 8.74. The Balaban J connectivity index is 1.77. The number of aryl methyl sites for hydroxylation is 2. The summed E-state index contributed by atoms with van der Waals surface area (Å²) in [4.78, 5) is 20.1. The molecule has 0 saturated carbocycles. The Bertz CT molecular complexity index is 1550. The number of hydrogen-bond acceptors (Lipinski definition) is 6. The monoisotopic (exact) mass is 523 g/mol. The van der Waals surface area contributed by atoms with Crippen LogP contribution in [0.2, 0.25) is 0 Å². The number of amides is 1. The predicted molar refractivity (Wildman–Crippen MR) is 137 cm³/mol. The van der Waals surface area contributed by atoms with Crippen LogP contribution in [0.25, 0.3) is 11.3 Å². The second kappa shape index (κ2) is 10.4. The molecule has 8 nitrogen and oxygen atoms in total. The number of halogens is 1. The lowest BCUT2D eigenvalue weighted by atomic mass is 10.1. The van der Waals surface area contributed by atoms with Crippen molar-refractivity contribution in [1.29, 1.82) is 0 Å². The summed E-state index contributed by atoms with van der Waals surface area (Å²) >= 11 is 0. The minimum Gasteiger partial charge on any atom is -0.491 e. The lowest BCUT2D eigenvalue weighted by Crippen LogP contribution is -2.30. The van der Waals surface area contributed by atoms with Crippen molar-refractivity contribution in [1.82, 2.24) is 14.7 Å². The van der Waals surface area contributed by atoms with Crippen LogP contribution in [0.15, 0.2) is 71.9 Å². The molecule has 0 radical (unpaired) electrons. The first-order valence-electron chi connectivity index (χ1n) is 11.5. The molecule has 0 spiro atoms. The van der Waals surface area contributed by atoms with Gasteiger partial charge in [-0.25, -0.2) is 22.5 Å². The van der Waals surface area contributed by atoms with Crippen molar-refractivity contribution >= 4 is 15.9 Å². The fourth-order valence-corrected chi connectivity index (χ4v) is 4.57. The Morgan fingerprint density at radius 2 is 1.84 bits per heavy atom. The van der Waals surface area contributed by atoms with Gasteiger partial charge in [0.25, 0.3) is 15.9 Å². The highest BCUT2D eigenvalue weighted by atomic mass is 32.2. The summed E-state index contributed by atoms with van der Waals surface area (Å²) in [7, 11) is -4.13. The number of aromatic amines is 1. The molecule has 37 heavy (non-hydrogen) atoms. The van der Waals surface area contributed by atoms with Gasteiger partial charge in [-0.15, -0.1) is 0 Å². The first kappa shape index (κ1) is 25.9. The summed E-state index contributed by atoms with van der Waals surface area (Å²) in [6.07, 6.45) is 2.52. The number of benzene rings is 2. The highest BCUT2D eigenvalue weighted by molar-refractivity contribution is 7.90. The minimum absolute atomic E-state index is 0.0975. The third-order valence-electron chi connectivity index (χ3n) is 5.29. The van der Waals surface area contributed by atoms with Gasteiger partial charge in [-0.1, -0.05) is 17.7 Å². The summed E-state index contributed by atoms with van der Waals surface area (Å²) in [5.74, 6) is -0.833. The average Bonchev–Trinajstić information content (AvgIpc) is 3.36. The van der Waals surface area contributed by atoms with Gasteiger partial charge in [0.2, 0.25) is 5.88 Å². The first-order valence-corrected chi connectivity index (χ1v) is 12.9. The fraction of sp³-hybridized carbons (Fsp3) is 0.185. The van der Waals surface area contributed by atoms with Gasteiger partial charge in [-0.2, -0.15) is 0 Å². The largest absolute Gasteiger partial charge is 0.491 e. The number of aromatic nitrogens is 2. The standard InChI is InChI=1S/C27H26FN3O5S/c1-16(2)35-21-13-19(12-20(28)14-21)24-7-6-23(26(32)31-37(33,34)22-9-10-29-15-22)27(30-24)36-25-8-5-17(3)11-18(25)4/h5-16,29H,1-4H3,(H,31,32). The molecule has 0 atom stereocenters. The topological polar surface area (TPSA) is 110 Å². The molecule has 0 aliphatic carbocycles. The number of hydrogen-bond donors (Lipinski definition) is 2. The SMILES string of the molecule is Cc1ccc(Oc2nc(-c3cc(F)cc(OC(C)C)c3)ccc2C(=O)NS(=O)(=O)c2cc[nH]c2)c(C)c1. The third-order valence-corrected chi connectivity index (χ3v) is 6.62. The molecule has 0 fully saturated rings. The van der Waals surface area contributed by atoms with Gasteiger partial charge >= 0.3 is 0 Å². The maximum atomic E-state index is 14.4. The van der Waals surface area contributed by atoms with E-state index in [1.54, 1.807) is 12.1 Å². The summed E-state index contributed by atoms with van der Waals surface area (Å²) in [5, 5.41) is 0. The van der Waals surface area contributed by atoms with Gasteiger partial charge in [-0.3, -0.25) is 4.79 Å². The summed E-state index contributed by atoms with van der Waals surface area (Å²) in [5.41, 5.74) is 2.39. The van der Waals surface area contributed by atoms with E-state index in [2.05, 4.69) is 9.97 Å². The molecule has 4 rings (SSSR count). The summed E-state index contributed by atoms with van der Waals surface area (Å²) < 4.78 is 53.3. The lowest BCUT2D eigenvalue weighted by molar-refractivity contribution is 0.0978. The molecule has 0 aliphatic heterocycles. The molecular formula is C27H26FN3O5S. The Labute approximate surface area is 214 Å². The summed E-state index contributed by atoms with van der Waals surface area (Å²) in [6, 6.07) is 13.8. The molecule has 4 aromatic rings. The molecule has 10 heteroatoms. The van der Waals surface area contributed by atoms with Gasteiger partial charge in [0.1, 0.15) is 27.8 Å². The zero-order valence-corrected chi connectivity index (χ0v) is 21.5. The number of nitrogens with zero attached hydrogens (tertiary/aromatic N) is 1. The van der Waals surface area contributed by atoms with E-state index in [1.807, 2.05) is 44.5 Å². The molecule has 2 heterocycles. The smallest absolute Gasteiger partial charge is 0.270 e. The maximum absolute atomic E-state index is 14.4. The fourth-order valence-electron chi connectivity index (χ4n) is 3.63. The molecule has 0 aliphatic rings. The van der Waals surface area contributed by atoms with Gasteiger partial charge in [0.05, 0.1) is 11.8 Å². The van der Waals surface area contributed by atoms with Crippen molar-refractivity contribution in [3.63, 3.8) is 0 Å². The molecular weight excluding hydrogens is 497 g/mol. The number of nitrogens with one attached hydrogen (secondary N) is 2. The van der Waals surface area contributed by atoms with Crippen LogP contribution in [0.5, 0.6) is 17.4 Å². The van der Waals surface area contributed by atoms with Crippen LogP contribution < -0.4 is 14.2 Å². The molecule has 0 saturated heterocycles. The normalized spacial score (nSPS) is 11.4. The number of pyridine rings is 1. The zero-order chi connectivity index (χ0) is 26.7. The Morgan fingerprint density at radius 1 is 1.05 bits per heavy atom. The van der Waals surface area contributed by atoms with Crippen molar-refractivity contribution < 1.29 is 27.1 Å². The van der Waals surface area contributed by atoms with Crippen LogP contribution in [-0.4, -0.2) is 30.4 Å². The number of ether oxygens (including phenoxy) is 2. The van der Waals surface area contributed by atoms with Crippen LogP contribution in [0.3, 0.4) is 0 Å². The third kappa shape index (κ3) is 6.15. The number of H-pyrrole nitrogens is 1. The van der Waals surface area contributed by atoms with Crippen LogP contribution in [0.4, 0.5) is 4.39 Å². The lowest BCUT2D eigenvalue weighted by Gasteiger charge is -2.15. The zero-order valence-electron chi connectivity index (χ0n) is 20.7. The van der Waals surface area contributed by atoms with Crippen LogP contribution in [0.1, 0.15) is 35.3 Å². The average molecular weight is 524 g/mol. The van der Waals surface area contributed by atoms with Crippen molar-refractivity contribution in [2.75, 3.05) is 0 Å². The van der Waals surface area contributed by atoms with E-state index >= 15 is 0 Å². The molecule has 1 amide bonds.